The van der Waals surface area contributed by atoms with Crippen LogP contribution in [-0.2, 0) is 6.42 Å². The Morgan fingerprint density at radius 3 is 2.50 bits per heavy atom. The lowest BCUT2D eigenvalue weighted by molar-refractivity contribution is 0.722. The molecule has 0 spiro atoms. The van der Waals surface area contributed by atoms with Crippen LogP contribution in [0.3, 0.4) is 0 Å². The summed E-state index contributed by atoms with van der Waals surface area (Å²) in [5, 5.41) is 7.84. The first-order valence-electron chi connectivity index (χ1n) is 7.42. The van der Waals surface area contributed by atoms with Crippen LogP contribution in [0.25, 0.3) is 0 Å². The Morgan fingerprint density at radius 2 is 1.86 bits per heavy atom. The summed E-state index contributed by atoms with van der Waals surface area (Å²) in [6.45, 7) is 6.23. The van der Waals surface area contributed by atoms with E-state index < -0.39 is 0 Å². The average molecular weight is 333 g/mol. The standard InChI is InChI=1S/C18H21ClN2S/c1-4-14-8-10-15(11-9-14)13(3)20-18(22)21-17-7-5-6-16(19)12(17)2/h5-11,13H,4H2,1-3H3,(H2,20,21,22). The van der Waals surface area contributed by atoms with Crippen LogP contribution >= 0.6 is 23.8 Å². The fraction of sp³-hybridized carbons (Fsp3) is 0.278. The second-order valence-electron chi connectivity index (χ2n) is 5.33. The second-order valence-corrected chi connectivity index (χ2v) is 6.14. The summed E-state index contributed by atoms with van der Waals surface area (Å²) in [5.41, 5.74) is 4.47. The minimum Gasteiger partial charge on any atom is -0.356 e. The number of anilines is 1. The fourth-order valence-electron chi connectivity index (χ4n) is 2.22. The number of benzene rings is 2. The number of rotatable bonds is 4. The van der Waals surface area contributed by atoms with Gasteiger partial charge in [0.2, 0.25) is 0 Å². The van der Waals surface area contributed by atoms with E-state index in [0.717, 1.165) is 22.7 Å². The van der Waals surface area contributed by atoms with Crippen molar-refractivity contribution in [1.82, 2.24) is 5.32 Å². The summed E-state index contributed by atoms with van der Waals surface area (Å²) in [6, 6.07) is 14.5. The first-order valence-corrected chi connectivity index (χ1v) is 8.21. The summed E-state index contributed by atoms with van der Waals surface area (Å²) in [6.07, 6.45) is 1.05. The van der Waals surface area contributed by atoms with Crippen molar-refractivity contribution in [3.8, 4) is 0 Å². The van der Waals surface area contributed by atoms with Gasteiger partial charge in [-0.1, -0.05) is 48.9 Å². The van der Waals surface area contributed by atoms with Crippen LogP contribution in [0.2, 0.25) is 5.02 Å². The fourth-order valence-corrected chi connectivity index (χ4v) is 2.68. The van der Waals surface area contributed by atoms with E-state index in [0.29, 0.717) is 5.11 Å². The predicted molar refractivity (Wildman–Crippen MR) is 99.8 cm³/mol. The third-order valence-corrected chi connectivity index (χ3v) is 4.38. The maximum Gasteiger partial charge on any atom is 0.171 e. The Hall–Kier alpha value is -1.58. The van der Waals surface area contributed by atoms with Crippen molar-refractivity contribution in [2.45, 2.75) is 33.2 Å². The molecule has 0 aromatic heterocycles. The number of hydrogen-bond donors (Lipinski definition) is 2. The zero-order valence-electron chi connectivity index (χ0n) is 13.1. The van der Waals surface area contributed by atoms with Crippen molar-refractivity contribution < 1.29 is 0 Å². The van der Waals surface area contributed by atoms with Crippen molar-refractivity contribution in [1.29, 1.82) is 0 Å². The Bertz CT molecular complexity index is 653. The van der Waals surface area contributed by atoms with Crippen LogP contribution in [0.15, 0.2) is 42.5 Å². The van der Waals surface area contributed by atoms with Crippen LogP contribution in [-0.4, -0.2) is 5.11 Å². The van der Waals surface area contributed by atoms with Gasteiger partial charge < -0.3 is 10.6 Å². The van der Waals surface area contributed by atoms with Gasteiger partial charge in [0.1, 0.15) is 0 Å². The maximum atomic E-state index is 6.12. The third-order valence-electron chi connectivity index (χ3n) is 3.75. The number of thiocarbonyl (C=S) groups is 1. The second kappa shape index (κ2) is 7.61. The van der Waals surface area contributed by atoms with E-state index in [4.69, 9.17) is 23.8 Å². The SMILES string of the molecule is CCc1ccc(C(C)NC(=S)Nc2cccc(Cl)c2C)cc1. The van der Waals surface area contributed by atoms with Gasteiger partial charge >= 0.3 is 0 Å². The predicted octanol–water partition coefficient (Wildman–Crippen LogP) is 5.26. The van der Waals surface area contributed by atoms with Crippen LogP contribution < -0.4 is 10.6 Å². The van der Waals surface area contributed by atoms with Gasteiger partial charge in [-0.25, -0.2) is 0 Å². The summed E-state index contributed by atoms with van der Waals surface area (Å²) in [4.78, 5) is 0. The quantitative estimate of drug-likeness (QED) is 0.747. The molecule has 116 valence electrons. The van der Waals surface area contributed by atoms with E-state index in [1.165, 1.54) is 11.1 Å². The molecule has 1 unspecified atom stereocenters. The minimum atomic E-state index is 0.144. The summed E-state index contributed by atoms with van der Waals surface area (Å²) >= 11 is 11.5. The highest BCUT2D eigenvalue weighted by molar-refractivity contribution is 7.80. The molecule has 2 aromatic carbocycles. The van der Waals surface area contributed by atoms with E-state index in [1.807, 2.05) is 25.1 Å². The van der Waals surface area contributed by atoms with Gasteiger partial charge in [0.15, 0.2) is 5.11 Å². The Balaban J connectivity index is 2.00. The lowest BCUT2D eigenvalue weighted by Gasteiger charge is -2.18. The Labute approximate surface area is 142 Å². The topological polar surface area (TPSA) is 24.1 Å². The van der Waals surface area contributed by atoms with Gasteiger partial charge in [-0.2, -0.15) is 0 Å². The molecule has 0 bridgehead atoms. The molecule has 0 amide bonds. The van der Waals surface area contributed by atoms with Crippen LogP contribution in [0.1, 0.15) is 36.6 Å². The largest absolute Gasteiger partial charge is 0.356 e. The molecule has 22 heavy (non-hydrogen) atoms. The maximum absolute atomic E-state index is 6.12. The molecule has 0 saturated heterocycles. The molecule has 2 aromatic rings. The van der Waals surface area contributed by atoms with Crippen molar-refractivity contribution in [3.05, 3.63) is 64.2 Å². The number of aryl methyl sites for hydroxylation is 1. The molecular formula is C18H21ClN2S. The van der Waals surface area contributed by atoms with Gasteiger partial charge in [0.05, 0.1) is 6.04 Å². The molecule has 2 N–H and O–H groups in total. The van der Waals surface area contributed by atoms with Gasteiger partial charge in [-0.3, -0.25) is 0 Å². The van der Waals surface area contributed by atoms with E-state index in [1.54, 1.807) is 0 Å². The smallest absolute Gasteiger partial charge is 0.171 e. The average Bonchev–Trinajstić information content (AvgIpc) is 2.52. The molecule has 1 atom stereocenters. The molecule has 0 fully saturated rings. The number of nitrogens with one attached hydrogen (secondary N) is 2. The van der Waals surface area contributed by atoms with Crippen molar-refractivity contribution in [3.63, 3.8) is 0 Å². The molecule has 2 rings (SSSR count). The first kappa shape index (κ1) is 16.8. The van der Waals surface area contributed by atoms with E-state index >= 15 is 0 Å². The molecule has 2 nitrogen and oxygen atoms in total. The third kappa shape index (κ3) is 4.21. The minimum absolute atomic E-state index is 0.144. The molecule has 0 radical (unpaired) electrons. The lowest BCUT2D eigenvalue weighted by atomic mass is 10.1. The van der Waals surface area contributed by atoms with Gasteiger partial charge in [-0.15, -0.1) is 0 Å². The van der Waals surface area contributed by atoms with Crippen LogP contribution in [0.5, 0.6) is 0 Å². The zero-order valence-corrected chi connectivity index (χ0v) is 14.7. The molecule has 0 heterocycles. The highest BCUT2D eigenvalue weighted by Gasteiger charge is 2.09. The molecule has 0 saturated carbocycles. The Kier molecular flexibility index (Phi) is 5.81. The van der Waals surface area contributed by atoms with Gasteiger partial charge in [0, 0.05) is 10.7 Å². The first-order chi connectivity index (χ1) is 10.5. The molecular weight excluding hydrogens is 312 g/mol. The zero-order chi connectivity index (χ0) is 16.1. The Morgan fingerprint density at radius 1 is 1.18 bits per heavy atom. The number of hydrogen-bond acceptors (Lipinski definition) is 1. The van der Waals surface area contributed by atoms with E-state index in [2.05, 4.69) is 48.7 Å². The van der Waals surface area contributed by atoms with Crippen LogP contribution in [0.4, 0.5) is 5.69 Å². The van der Waals surface area contributed by atoms with E-state index in [-0.39, 0.29) is 6.04 Å². The number of halogens is 1. The molecule has 0 aliphatic rings. The van der Waals surface area contributed by atoms with Crippen molar-refractivity contribution >= 4 is 34.6 Å². The summed E-state index contributed by atoms with van der Waals surface area (Å²) in [5.74, 6) is 0. The molecule has 0 aliphatic carbocycles. The molecule has 0 aliphatic heterocycles. The van der Waals surface area contributed by atoms with Crippen molar-refractivity contribution in [2.75, 3.05) is 5.32 Å². The van der Waals surface area contributed by atoms with E-state index in [9.17, 15) is 0 Å². The van der Waals surface area contributed by atoms with Crippen molar-refractivity contribution in [2.24, 2.45) is 0 Å². The lowest BCUT2D eigenvalue weighted by Crippen LogP contribution is -2.31. The highest BCUT2D eigenvalue weighted by atomic mass is 35.5. The van der Waals surface area contributed by atoms with Gasteiger partial charge in [0.25, 0.3) is 0 Å². The van der Waals surface area contributed by atoms with Crippen LogP contribution in [0, 0.1) is 6.92 Å². The van der Waals surface area contributed by atoms with Gasteiger partial charge in [-0.05, 0) is 61.3 Å². The highest BCUT2D eigenvalue weighted by Crippen LogP contribution is 2.23. The normalized spacial score (nSPS) is 11.8. The summed E-state index contributed by atoms with van der Waals surface area (Å²) < 4.78 is 0. The monoisotopic (exact) mass is 332 g/mol. The summed E-state index contributed by atoms with van der Waals surface area (Å²) in [7, 11) is 0. The molecule has 4 heteroatoms.